The van der Waals surface area contributed by atoms with Crippen LogP contribution in [0.15, 0.2) is 12.7 Å². The minimum Gasteiger partial charge on any atom is -0.548 e. The highest BCUT2D eigenvalue weighted by atomic mass is 16.4. The van der Waals surface area contributed by atoms with Gasteiger partial charge in [0.2, 0.25) is 0 Å². The minimum atomic E-state index is -1.17. The summed E-state index contributed by atoms with van der Waals surface area (Å²) in [5.74, 6) is -1.17. The van der Waals surface area contributed by atoms with Crippen molar-refractivity contribution in [3.05, 3.63) is 12.7 Å². The molecule has 0 aromatic carbocycles. The first-order valence-corrected chi connectivity index (χ1v) is 3.66. The number of carboxylic acids is 1. The summed E-state index contributed by atoms with van der Waals surface area (Å²) in [7, 11) is 0. The molecular weight excluding hydrogens is 142 g/mol. The van der Waals surface area contributed by atoms with Crippen LogP contribution in [0.5, 0.6) is 0 Å². The third kappa shape index (κ3) is 0.807. The zero-order chi connectivity index (χ0) is 8.70. The molecule has 0 aromatic rings. The van der Waals surface area contributed by atoms with Gasteiger partial charge in [-0.3, -0.25) is 0 Å². The van der Waals surface area contributed by atoms with Crippen molar-refractivity contribution in [2.75, 3.05) is 0 Å². The van der Waals surface area contributed by atoms with E-state index in [1.54, 1.807) is 6.08 Å². The molecule has 0 aromatic heterocycles. The van der Waals surface area contributed by atoms with E-state index in [-0.39, 0.29) is 0 Å². The number of hydrogen-bond donors (Lipinski definition) is 1. The molecule has 0 saturated heterocycles. The Morgan fingerprint density at radius 1 is 1.91 bits per heavy atom. The van der Waals surface area contributed by atoms with Crippen LogP contribution in [0.3, 0.4) is 0 Å². The van der Waals surface area contributed by atoms with Crippen molar-refractivity contribution in [2.24, 2.45) is 11.1 Å². The SMILES string of the molecule is C=C[C@]1(CC)C[C@]1(N)C(=O)[O-]. The molecule has 0 spiro atoms. The molecule has 62 valence electrons. The fraction of sp³-hybridized carbons (Fsp3) is 0.625. The Kier molecular flexibility index (Phi) is 1.56. The van der Waals surface area contributed by atoms with Crippen LogP contribution in [-0.2, 0) is 4.79 Å². The number of nitrogens with two attached hydrogens (primary N) is 1. The highest BCUT2D eigenvalue weighted by molar-refractivity contribution is 5.83. The number of carbonyl (C=O) groups is 1. The monoisotopic (exact) mass is 154 g/mol. The van der Waals surface area contributed by atoms with Gasteiger partial charge in [-0.05, 0) is 12.8 Å². The van der Waals surface area contributed by atoms with E-state index in [9.17, 15) is 9.90 Å². The summed E-state index contributed by atoms with van der Waals surface area (Å²) in [5, 5.41) is 10.5. The second-order valence-electron chi connectivity index (χ2n) is 3.15. The third-order valence-electron chi connectivity index (χ3n) is 2.74. The van der Waals surface area contributed by atoms with E-state index < -0.39 is 16.9 Å². The Balaban J connectivity index is 2.84. The Morgan fingerprint density at radius 2 is 2.45 bits per heavy atom. The molecule has 11 heavy (non-hydrogen) atoms. The average molecular weight is 154 g/mol. The maximum absolute atomic E-state index is 10.5. The average Bonchev–Trinajstić information content (AvgIpc) is 2.59. The van der Waals surface area contributed by atoms with Crippen molar-refractivity contribution in [1.29, 1.82) is 0 Å². The fourth-order valence-electron chi connectivity index (χ4n) is 1.57. The fourth-order valence-corrected chi connectivity index (χ4v) is 1.57. The third-order valence-corrected chi connectivity index (χ3v) is 2.74. The Labute approximate surface area is 65.9 Å². The Hall–Kier alpha value is -0.830. The molecule has 0 bridgehead atoms. The lowest BCUT2D eigenvalue weighted by Crippen LogP contribution is -2.48. The predicted octanol–water partition coefficient (Wildman–Crippen LogP) is -0.580. The standard InChI is InChI=1S/C8H13NO2/c1-3-7(4-2)5-8(7,9)6(10)11/h3H,1,4-5,9H2,2H3,(H,10,11)/p-1/t7-,8-/m0/s1. The van der Waals surface area contributed by atoms with Crippen molar-refractivity contribution in [3.63, 3.8) is 0 Å². The van der Waals surface area contributed by atoms with Gasteiger partial charge >= 0.3 is 0 Å². The zero-order valence-corrected chi connectivity index (χ0v) is 6.59. The van der Waals surface area contributed by atoms with Gasteiger partial charge in [0.1, 0.15) is 0 Å². The maximum atomic E-state index is 10.5. The summed E-state index contributed by atoms with van der Waals surface area (Å²) in [6.07, 6.45) is 2.80. The summed E-state index contributed by atoms with van der Waals surface area (Å²) in [4.78, 5) is 10.5. The molecule has 0 amide bonds. The topological polar surface area (TPSA) is 66.2 Å². The Morgan fingerprint density at radius 3 is 2.55 bits per heavy atom. The van der Waals surface area contributed by atoms with E-state index in [1.807, 2.05) is 6.92 Å². The normalized spacial score (nSPS) is 41.6. The first-order valence-electron chi connectivity index (χ1n) is 3.66. The largest absolute Gasteiger partial charge is 0.548 e. The summed E-state index contributed by atoms with van der Waals surface area (Å²) >= 11 is 0. The highest BCUT2D eigenvalue weighted by Crippen LogP contribution is 2.57. The lowest BCUT2D eigenvalue weighted by atomic mass is 9.97. The van der Waals surface area contributed by atoms with Gasteiger partial charge in [0, 0.05) is 5.41 Å². The molecule has 0 unspecified atom stereocenters. The predicted molar refractivity (Wildman–Crippen MR) is 39.5 cm³/mol. The zero-order valence-electron chi connectivity index (χ0n) is 6.59. The van der Waals surface area contributed by atoms with E-state index in [4.69, 9.17) is 5.73 Å². The van der Waals surface area contributed by atoms with Gasteiger partial charge in [-0.15, -0.1) is 6.58 Å². The van der Waals surface area contributed by atoms with Crippen LogP contribution in [0.25, 0.3) is 0 Å². The van der Waals surface area contributed by atoms with E-state index in [0.29, 0.717) is 12.8 Å². The lowest BCUT2D eigenvalue weighted by molar-refractivity contribution is -0.310. The summed E-state index contributed by atoms with van der Waals surface area (Å²) in [6, 6.07) is 0. The molecule has 0 aliphatic heterocycles. The van der Waals surface area contributed by atoms with E-state index in [2.05, 4.69) is 6.58 Å². The van der Waals surface area contributed by atoms with E-state index in [0.717, 1.165) is 0 Å². The Bertz CT molecular complexity index is 212. The second-order valence-corrected chi connectivity index (χ2v) is 3.15. The van der Waals surface area contributed by atoms with Crippen LogP contribution in [0.2, 0.25) is 0 Å². The second kappa shape index (κ2) is 2.08. The first kappa shape index (κ1) is 8.27. The smallest absolute Gasteiger partial charge is 0.0658 e. The summed E-state index contributed by atoms with van der Waals surface area (Å²) in [5.41, 5.74) is 4.00. The van der Waals surface area contributed by atoms with Crippen molar-refractivity contribution < 1.29 is 9.90 Å². The molecule has 3 heteroatoms. The van der Waals surface area contributed by atoms with Crippen LogP contribution in [0.1, 0.15) is 19.8 Å². The van der Waals surface area contributed by atoms with E-state index >= 15 is 0 Å². The highest BCUT2D eigenvalue weighted by Gasteiger charge is 2.63. The molecule has 0 radical (unpaired) electrons. The van der Waals surface area contributed by atoms with Crippen LogP contribution in [-0.4, -0.2) is 11.5 Å². The number of aliphatic carboxylic acids is 1. The summed E-state index contributed by atoms with van der Waals surface area (Å²) < 4.78 is 0. The molecule has 0 heterocycles. The molecule has 1 saturated carbocycles. The molecule has 1 aliphatic carbocycles. The molecule has 1 fully saturated rings. The number of carbonyl (C=O) groups excluding carboxylic acids is 1. The van der Waals surface area contributed by atoms with Crippen LogP contribution in [0.4, 0.5) is 0 Å². The van der Waals surface area contributed by atoms with Gasteiger partial charge in [-0.2, -0.15) is 0 Å². The van der Waals surface area contributed by atoms with Gasteiger partial charge in [0.15, 0.2) is 0 Å². The van der Waals surface area contributed by atoms with Crippen molar-refractivity contribution in [1.82, 2.24) is 0 Å². The van der Waals surface area contributed by atoms with Gasteiger partial charge in [-0.1, -0.05) is 13.0 Å². The molecular formula is C8H12NO2-. The number of carboxylic acid groups (broad SMARTS) is 1. The number of hydrogen-bond acceptors (Lipinski definition) is 3. The van der Waals surface area contributed by atoms with Crippen molar-refractivity contribution in [3.8, 4) is 0 Å². The van der Waals surface area contributed by atoms with E-state index in [1.165, 1.54) is 0 Å². The molecule has 3 nitrogen and oxygen atoms in total. The molecule has 2 atom stereocenters. The minimum absolute atomic E-state index is 0.411. The van der Waals surface area contributed by atoms with Crippen LogP contribution >= 0.6 is 0 Å². The van der Waals surface area contributed by atoms with Gasteiger partial charge in [0.25, 0.3) is 0 Å². The lowest BCUT2D eigenvalue weighted by Gasteiger charge is -2.18. The van der Waals surface area contributed by atoms with Crippen molar-refractivity contribution >= 4 is 5.97 Å². The molecule has 1 aliphatic rings. The van der Waals surface area contributed by atoms with Crippen LogP contribution < -0.4 is 10.8 Å². The van der Waals surface area contributed by atoms with Gasteiger partial charge in [0.05, 0.1) is 11.5 Å². The van der Waals surface area contributed by atoms with Gasteiger partial charge < -0.3 is 15.6 Å². The first-order chi connectivity index (χ1) is 5.02. The van der Waals surface area contributed by atoms with Crippen LogP contribution in [0, 0.1) is 5.41 Å². The molecule has 1 rings (SSSR count). The van der Waals surface area contributed by atoms with Gasteiger partial charge in [-0.25, -0.2) is 0 Å². The van der Waals surface area contributed by atoms with Crippen molar-refractivity contribution in [2.45, 2.75) is 25.3 Å². The quantitative estimate of drug-likeness (QED) is 0.553. The molecule has 2 N–H and O–H groups in total. The summed E-state index contributed by atoms with van der Waals surface area (Å²) in [6.45, 7) is 5.47. The number of rotatable bonds is 3. The maximum Gasteiger partial charge on any atom is 0.0658 e.